The van der Waals surface area contributed by atoms with Gasteiger partial charge in [0.05, 0.1) is 19.5 Å². The monoisotopic (exact) mass is 1310 g/mol. The van der Waals surface area contributed by atoms with Crippen LogP contribution in [0.3, 0.4) is 0 Å². The molecular weight excluding hydrogens is 1250 g/mol. The van der Waals surface area contributed by atoms with Gasteiger partial charge in [-0.25, -0.2) is 0 Å². The lowest BCUT2D eigenvalue weighted by molar-refractivity contribution is 0.557. The minimum atomic E-state index is 1.06. The summed E-state index contributed by atoms with van der Waals surface area (Å²) in [6.07, 6.45) is 14.7. The zero-order chi connectivity index (χ0) is 65.3. The van der Waals surface area contributed by atoms with Gasteiger partial charge in [-0.1, -0.05) is 306 Å². The number of benzene rings is 12. The Morgan fingerprint density at radius 3 is 0.804 bits per heavy atom. The van der Waals surface area contributed by atoms with Crippen LogP contribution < -0.4 is 0 Å². The number of unbranched alkanes of at least 4 members (excludes halogenated alkanes) is 9. The summed E-state index contributed by atoms with van der Waals surface area (Å²) in [6, 6.07) is 91.0. The summed E-state index contributed by atoms with van der Waals surface area (Å²) in [6.45, 7) is 4.51. The summed E-state index contributed by atoms with van der Waals surface area (Å²) in [5, 5.41) is 19.9. The smallest absolute Gasteiger partial charge is 0.0779 e. The molecule has 0 amide bonds. The average Bonchev–Trinajstić information content (AvgIpc) is 1.45. The molecule has 0 bridgehead atoms. The van der Waals surface area contributed by atoms with Crippen LogP contribution in [0.1, 0.15) is 124 Å². The maximum atomic E-state index is 3.67. The number of rotatable bonds is 13. The van der Waals surface area contributed by atoms with Gasteiger partial charge in [0.15, 0.2) is 0 Å². The molecule has 97 heavy (non-hydrogen) atoms. The van der Waals surface area contributed by atoms with Crippen molar-refractivity contribution in [1.82, 2.24) is 0 Å². The van der Waals surface area contributed by atoms with Gasteiger partial charge in [-0.05, 0) is 178 Å². The van der Waals surface area contributed by atoms with Gasteiger partial charge in [-0.3, -0.25) is 0 Å². The summed E-state index contributed by atoms with van der Waals surface area (Å²) in [5.74, 6) is 28.3. The fraction of sp³-hybridized carbons (Fsp3) is 0.140. The summed E-state index contributed by atoms with van der Waals surface area (Å²) >= 11 is 6.99. The molecule has 16 rings (SSSR count). The number of hydrogen-bond donors (Lipinski definition) is 0. The van der Waals surface area contributed by atoms with Crippen molar-refractivity contribution in [2.24, 2.45) is 0 Å². The third kappa shape index (κ3) is 13.7. The second-order valence-electron chi connectivity index (χ2n) is 25.0. The van der Waals surface area contributed by atoms with Crippen molar-refractivity contribution in [2.45, 2.75) is 84.5 Å². The fourth-order valence-corrected chi connectivity index (χ4v) is 17.5. The van der Waals surface area contributed by atoms with Crippen LogP contribution >= 0.6 is 45.3 Å². The van der Waals surface area contributed by atoms with Crippen molar-refractivity contribution in [1.29, 1.82) is 0 Å². The highest BCUT2D eigenvalue weighted by Crippen LogP contribution is 2.39. The van der Waals surface area contributed by atoms with E-state index in [1.165, 1.54) is 181 Å². The average molecular weight is 1320 g/mol. The van der Waals surface area contributed by atoms with Crippen molar-refractivity contribution < 1.29 is 0 Å². The number of thiophene rings is 4. The van der Waals surface area contributed by atoms with Gasteiger partial charge in [0.2, 0.25) is 0 Å². The van der Waals surface area contributed by atoms with E-state index in [0.29, 0.717) is 0 Å². The third-order valence-corrected chi connectivity index (χ3v) is 23.1. The summed E-state index contributed by atoms with van der Waals surface area (Å²) < 4.78 is 0. The van der Waals surface area contributed by atoms with Crippen molar-refractivity contribution in [3.8, 4) is 66.9 Å². The molecule has 4 heteroatoms. The fourth-order valence-electron chi connectivity index (χ4n) is 13.8. The van der Waals surface area contributed by atoms with Gasteiger partial charge >= 0.3 is 0 Å². The van der Waals surface area contributed by atoms with Crippen LogP contribution in [0.25, 0.3) is 106 Å². The second kappa shape index (κ2) is 29.4. The van der Waals surface area contributed by atoms with Gasteiger partial charge in [-0.15, -0.1) is 45.3 Å². The lowest BCUT2D eigenvalue weighted by atomic mass is 9.89. The lowest BCUT2D eigenvalue weighted by Gasteiger charge is -2.14. The van der Waals surface area contributed by atoms with Gasteiger partial charge in [0.25, 0.3) is 0 Å². The Labute approximate surface area is 586 Å². The molecule has 0 spiro atoms. The number of hydrogen-bond acceptors (Lipinski definition) is 4. The van der Waals surface area contributed by atoms with Crippen LogP contribution in [0.4, 0.5) is 0 Å². The zero-order valence-corrected chi connectivity index (χ0v) is 57.9. The molecule has 0 aliphatic rings. The molecular formula is C93H70S4. The molecule has 4 aromatic heterocycles. The van der Waals surface area contributed by atoms with E-state index in [4.69, 9.17) is 0 Å². The number of fused-ring (bicyclic) bond motifs is 8. The highest BCUT2D eigenvalue weighted by atomic mass is 32.1. The minimum absolute atomic E-state index is 1.06. The molecule has 0 saturated carbocycles. The standard InChI is InChI=1S/C53H48S2.C40H22S2/c1-3-4-5-6-7-8-9-10-11-12-23-45-46-26-17-19-28-48(46)51(49-29-20-18-27-47(45)49)35-31-40-33-37-53(55-40)52-36-32-39(54-52)30-34-50-43-24-15-13-21-41(43)38(2)42-22-14-16-25-44(42)50;1-5-13-33-27(9-1)25-28-10-2-6-14-34(28)37(33)21-17-31-19-23-39(41-31)40-24-20-32(42-40)18-22-38-35-15-7-3-11-29(35)26-30-12-4-8-16-36(30)38/h13-22,24-29,32-33,36-37H,3-12,23H2,1-2H3;1-16,19-20,23-26H. The maximum Gasteiger partial charge on any atom is 0.0779 e. The molecule has 0 aliphatic heterocycles. The Bertz CT molecular complexity index is 5490. The van der Waals surface area contributed by atoms with Crippen molar-refractivity contribution in [3.05, 3.63) is 308 Å². The van der Waals surface area contributed by atoms with Gasteiger partial charge in [-0.2, -0.15) is 0 Å². The third-order valence-electron chi connectivity index (χ3n) is 18.7. The Morgan fingerprint density at radius 1 is 0.237 bits per heavy atom. The molecule has 0 radical (unpaired) electrons. The molecule has 16 aromatic rings. The summed E-state index contributed by atoms with van der Waals surface area (Å²) in [4.78, 5) is 9.17. The van der Waals surface area contributed by atoms with Crippen molar-refractivity contribution in [3.63, 3.8) is 0 Å². The normalized spacial score (nSPS) is 11.1. The van der Waals surface area contributed by atoms with Crippen molar-refractivity contribution in [2.75, 3.05) is 0 Å². The summed E-state index contributed by atoms with van der Waals surface area (Å²) in [5.41, 5.74) is 7.21. The Balaban J connectivity index is 0.000000164. The maximum absolute atomic E-state index is 3.67. The zero-order valence-electron chi connectivity index (χ0n) is 54.7. The Kier molecular flexibility index (Phi) is 19.1. The molecule has 0 atom stereocenters. The summed E-state index contributed by atoms with van der Waals surface area (Å²) in [7, 11) is 0. The van der Waals surface area contributed by atoms with Crippen LogP contribution in [-0.2, 0) is 6.42 Å². The van der Waals surface area contributed by atoms with Crippen LogP contribution in [0.15, 0.2) is 255 Å². The van der Waals surface area contributed by atoms with Gasteiger partial charge < -0.3 is 0 Å². The molecule has 0 fully saturated rings. The van der Waals surface area contributed by atoms with E-state index < -0.39 is 0 Å². The van der Waals surface area contributed by atoms with Gasteiger partial charge in [0.1, 0.15) is 0 Å². The molecule has 4 heterocycles. The van der Waals surface area contributed by atoms with Gasteiger partial charge in [0, 0.05) is 41.8 Å². The molecule has 0 unspecified atom stereocenters. The first-order chi connectivity index (χ1) is 48.0. The predicted molar refractivity (Wildman–Crippen MR) is 425 cm³/mol. The first-order valence-electron chi connectivity index (χ1n) is 34.1. The first-order valence-corrected chi connectivity index (χ1v) is 37.4. The number of aryl methyl sites for hydroxylation is 2. The van der Waals surface area contributed by atoms with E-state index in [1.807, 2.05) is 0 Å². The van der Waals surface area contributed by atoms with Crippen LogP contribution in [0.2, 0.25) is 0 Å². The predicted octanol–water partition coefficient (Wildman–Crippen LogP) is 26.5. The van der Waals surface area contributed by atoms with Crippen LogP contribution in [0.5, 0.6) is 0 Å². The minimum Gasteiger partial charge on any atom is -0.126 e. The van der Waals surface area contributed by atoms with E-state index >= 15 is 0 Å². The first kappa shape index (κ1) is 62.9. The Morgan fingerprint density at radius 2 is 0.485 bits per heavy atom. The molecule has 0 saturated heterocycles. The van der Waals surface area contributed by atoms with E-state index in [1.54, 1.807) is 45.3 Å². The molecule has 466 valence electrons. The molecule has 0 N–H and O–H groups in total. The van der Waals surface area contributed by atoms with E-state index in [9.17, 15) is 0 Å². The van der Waals surface area contributed by atoms with Crippen molar-refractivity contribution >= 4 is 132 Å². The molecule has 0 nitrogen and oxygen atoms in total. The largest absolute Gasteiger partial charge is 0.126 e. The Hall–Kier alpha value is -10.2. The van der Waals surface area contributed by atoms with E-state index in [0.717, 1.165) is 48.2 Å². The SMILES string of the molecule is C(#Cc1c2ccccc2cc2ccccc12)c1ccc(-c2ccc(C#Cc3c4ccccc4cc4ccccc34)s2)s1.CCCCCCCCCCCCc1c2ccccc2c(C#Cc2ccc(-c3ccc(C#Cc4c5ccccc5c(C)c5ccccc45)s3)s2)c2ccccc12. The lowest BCUT2D eigenvalue weighted by Crippen LogP contribution is -1.94. The van der Waals surface area contributed by atoms with E-state index in [2.05, 4.69) is 316 Å². The second-order valence-corrected chi connectivity index (χ2v) is 29.3. The molecule has 12 aromatic carbocycles. The molecule has 0 aliphatic carbocycles. The van der Waals surface area contributed by atoms with E-state index in [-0.39, 0.29) is 0 Å². The highest BCUT2D eigenvalue weighted by molar-refractivity contribution is 7.23. The quantitative estimate of drug-likeness (QED) is 0.0613. The topological polar surface area (TPSA) is 0 Å². The highest BCUT2D eigenvalue weighted by Gasteiger charge is 2.16. The van der Waals surface area contributed by atoms with Crippen LogP contribution in [0, 0.1) is 54.3 Å². The van der Waals surface area contributed by atoms with Crippen LogP contribution in [-0.4, -0.2) is 0 Å².